The lowest BCUT2D eigenvalue weighted by molar-refractivity contribution is 0.384. The molecule has 0 saturated carbocycles. The Morgan fingerprint density at radius 2 is 1.17 bits per heavy atom. The minimum Gasteiger partial charge on any atom is -0.352 e. The Morgan fingerprint density at radius 3 is 1.61 bits per heavy atom. The van der Waals surface area contributed by atoms with Gasteiger partial charge in [-0.25, -0.2) is 0 Å². The van der Waals surface area contributed by atoms with Gasteiger partial charge in [-0.3, -0.25) is 0 Å². The molecule has 1 fully saturated rings. The summed E-state index contributed by atoms with van der Waals surface area (Å²) in [6.07, 6.45) is 31.2. The molecule has 0 amide bonds. The molecular weight excluding hydrogens is 304 g/mol. The molecule has 2 heteroatoms. The zero-order valence-corrected chi connectivity index (χ0v) is 15.1. The Morgan fingerprint density at radius 1 is 0.739 bits per heavy atom. The number of hydrogen-bond donors (Lipinski definition) is 0. The van der Waals surface area contributed by atoms with Crippen LogP contribution in [0, 0.1) is 0 Å². The summed E-state index contributed by atoms with van der Waals surface area (Å²) in [5, 5.41) is 0. The summed E-state index contributed by atoms with van der Waals surface area (Å²) < 4.78 is 5.16. The fourth-order valence-corrected chi connectivity index (χ4v) is 2.38. The van der Waals surface area contributed by atoms with Crippen LogP contribution >= 0.6 is 11.6 Å². The van der Waals surface area contributed by atoms with Crippen LogP contribution in [0.5, 0.6) is 0 Å². The second kappa shape index (κ2) is 14.5. The highest BCUT2D eigenvalue weighted by Crippen LogP contribution is 2.29. The van der Waals surface area contributed by atoms with Crippen molar-refractivity contribution in [3.63, 3.8) is 0 Å². The van der Waals surface area contributed by atoms with E-state index in [-0.39, 0.29) is 5.56 Å². The van der Waals surface area contributed by atoms with E-state index in [0.717, 1.165) is 44.9 Å². The van der Waals surface area contributed by atoms with Gasteiger partial charge in [0.15, 0.2) is 5.56 Å². The van der Waals surface area contributed by atoms with Gasteiger partial charge in [-0.05, 0) is 51.4 Å². The average Bonchev–Trinajstić information content (AvgIpc) is 3.26. The first kappa shape index (κ1) is 20.0. The SMILES string of the molecule is CC/C=C\C/C=C\C/C=C\C/C=C\C/C=C\CCCC1OC1Cl. The van der Waals surface area contributed by atoms with Gasteiger partial charge in [0, 0.05) is 0 Å². The fourth-order valence-electron chi connectivity index (χ4n) is 2.13. The van der Waals surface area contributed by atoms with Gasteiger partial charge in [0.1, 0.15) is 0 Å². The molecule has 2 unspecified atom stereocenters. The minimum atomic E-state index is -0.0108. The maximum atomic E-state index is 5.77. The van der Waals surface area contributed by atoms with E-state index in [4.69, 9.17) is 16.3 Å². The maximum absolute atomic E-state index is 5.77. The quantitative estimate of drug-likeness (QED) is 0.155. The lowest BCUT2D eigenvalue weighted by Gasteiger charge is -1.91. The van der Waals surface area contributed by atoms with Crippen LogP contribution in [0.2, 0.25) is 0 Å². The fraction of sp³-hybridized carbons (Fsp3) is 0.524. The van der Waals surface area contributed by atoms with Crippen LogP contribution in [0.25, 0.3) is 0 Å². The number of halogens is 1. The number of allylic oxidation sites excluding steroid dienone is 10. The predicted molar refractivity (Wildman–Crippen MR) is 103 cm³/mol. The zero-order valence-electron chi connectivity index (χ0n) is 14.4. The van der Waals surface area contributed by atoms with Crippen LogP contribution in [0.15, 0.2) is 60.8 Å². The molecule has 0 aliphatic carbocycles. The highest BCUT2D eigenvalue weighted by molar-refractivity contribution is 6.21. The molecule has 0 radical (unpaired) electrons. The molecule has 0 spiro atoms. The van der Waals surface area contributed by atoms with Crippen LogP contribution in [-0.2, 0) is 4.74 Å². The molecule has 0 N–H and O–H groups in total. The van der Waals surface area contributed by atoms with Gasteiger partial charge in [0.05, 0.1) is 6.10 Å². The second-order valence-corrected chi connectivity index (χ2v) is 6.09. The van der Waals surface area contributed by atoms with Crippen LogP contribution < -0.4 is 0 Å². The van der Waals surface area contributed by atoms with Crippen LogP contribution in [-0.4, -0.2) is 11.7 Å². The molecule has 1 aliphatic heterocycles. The minimum absolute atomic E-state index is 0.0108. The van der Waals surface area contributed by atoms with E-state index in [1.165, 1.54) is 6.42 Å². The summed E-state index contributed by atoms with van der Waals surface area (Å²) in [6, 6.07) is 0. The molecule has 0 aromatic carbocycles. The Labute approximate surface area is 147 Å². The lowest BCUT2D eigenvalue weighted by atomic mass is 10.2. The smallest absolute Gasteiger partial charge is 0.157 e. The monoisotopic (exact) mass is 334 g/mol. The molecule has 128 valence electrons. The van der Waals surface area contributed by atoms with Crippen molar-refractivity contribution in [2.24, 2.45) is 0 Å². The Balaban J connectivity index is 1.87. The Bertz CT molecular complexity index is 418. The summed E-state index contributed by atoms with van der Waals surface area (Å²) in [4.78, 5) is 0. The number of unbranched alkanes of at least 4 members (excludes halogenated alkanes) is 1. The number of rotatable bonds is 13. The number of ether oxygens (including phenoxy) is 1. The zero-order chi connectivity index (χ0) is 16.6. The van der Waals surface area contributed by atoms with E-state index < -0.39 is 0 Å². The van der Waals surface area contributed by atoms with E-state index in [1.807, 2.05) is 0 Å². The molecule has 0 aromatic heterocycles. The van der Waals surface area contributed by atoms with Crippen molar-refractivity contribution in [1.29, 1.82) is 0 Å². The summed E-state index contributed by atoms with van der Waals surface area (Å²) in [5.41, 5.74) is -0.0108. The van der Waals surface area contributed by atoms with Crippen molar-refractivity contribution in [3.8, 4) is 0 Å². The number of hydrogen-bond acceptors (Lipinski definition) is 1. The first-order valence-electron chi connectivity index (χ1n) is 8.89. The van der Waals surface area contributed by atoms with E-state index in [0.29, 0.717) is 6.10 Å². The average molecular weight is 335 g/mol. The van der Waals surface area contributed by atoms with Gasteiger partial charge in [-0.1, -0.05) is 79.3 Å². The van der Waals surface area contributed by atoms with Crippen LogP contribution in [0.3, 0.4) is 0 Å². The molecule has 23 heavy (non-hydrogen) atoms. The molecule has 1 rings (SSSR count). The largest absolute Gasteiger partial charge is 0.352 e. The lowest BCUT2D eigenvalue weighted by Crippen LogP contribution is -1.86. The molecular formula is C21H31ClO. The standard InChI is InChI=1S/C21H31ClO/c1-2-3-4-5-6-7-8-9-10-11-12-13-14-15-16-17-18-19-20-21(22)23-20/h3-4,6-7,9-10,12-13,15-16,20-21H,2,5,8,11,14,17-19H2,1H3/b4-3-,7-6-,10-9-,13-12-,16-15-. The van der Waals surface area contributed by atoms with E-state index in [2.05, 4.69) is 67.7 Å². The summed E-state index contributed by atoms with van der Waals surface area (Å²) in [7, 11) is 0. The molecule has 0 bridgehead atoms. The summed E-state index contributed by atoms with van der Waals surface area (Å²) >= 11 is 5.77. The van der Waals surface area contributed by atoms with E-state index in [1.54, 1.807) is 0 Å². The maximum Gasteiger partial charge on any atom is 0.157 e. The van der Waals surface area contributed by atoms with Gasteiger partial charge < -0.3 is 4.74 Å². The first-order valence-corrected chi connectivity index (χ1v) is 9.32. The normalized spacial score (nSPS) is 21.8. The number of alkyl halides is 1. The highest BCUT2D eigenvalue weighted by Gasteiger charge is 2.35. The van der Waals surface area contributed by atoms with Crippen molar-refractivity contribution in [3.05, 3.63) is 60.8 Å². The van der Waals surface area contributed by atoms with Crippen molar-refractivity contribution in [1.82, 2.24) is 0 Å². The van der Waals surface area contributed by atoms with Crippen molar-refractivity contribution >= 4 is 11.6 Å². The summed E-state index contributed by atoms with van der Waals surface area (Å²) in [5.74, 6) is 0. The van der Waals surface area contributed by atoms with Gasteiger partial charge in [0.2, 0.25) is 0 Å². The highest BCUT2D eigenvalue weighted by atomic mass is 35.5. The van der Waals surface area contributed by atoms with Gasteiger partial charge in [-0.2, -0.15) is 0 Å². The first-order chi connectivity index (χ1) is 11.3. The van der Waals surface area contributed by atoms with Gasteiger partial charge >= 0.3 is 0 Å². The third-order valence-electron chi connectivity index (χ3n) is 3.54. The topological polar surface area (TPSA) is 12.5 Å². The molecule has 1 saturated heterocycles. The molecule has 1 heterocycles. The molecule has 1 nitrogen and oxygen atoms in total. The van der Waals surface area contributed by atoms with Crippen molar-refractivity contribution in [2.75, 3.05) is 0 Å². The Kier molecular flexibility index (Phi) is 12.6. The third kappa shape index (κ3) is 13.1. The number of epoxide rings is 1. The predicted octanol–water partition coefficient (Wildman–Crippen LogP) is 6.87. The summed E-state index contributed by atoms with van der Waals surface area (Å²) in [6.45, 7) is 2.16. The van der Waals surface area contributed by atoms with Crippen LogP contribution in [0.4, 0.5) is 0 Å². The van der Waals surface area contributed by atoms with Crippen molar-refractivity contribution < 1.29 is 4.74 Å². The van der Waals surface area contributed by atoms with E-state index in [9.17, 15) is 0 Å². The van der Waals surface area contributed by atoms with Crippen LogP contribution in [0.1, 0.15) is 58.3 Å². The van der Waals surface area contributed by atoms with Gasteiger partial charge in [-0.15, -0.1) is 0 Å². The Hall–Kier alpha value is -1.05. The van der Waals surface area contributed by atoms with Gasteiger partial charge in [0.25, 0.3) is 0 Å². The second-order valence-electron chi connectivity index (χ2n) is 5.66. The van der Waals surface area contributed by atoms with E-state index >= 15 is 0 Å². The molecule has 2 atom stereocenters. The molecule has 1 aliphatic rings. The molecule has 0 aromatic rings. The third-order valence-corrected chi connectivity index (χ3v) is 3.92. The van der Waals surface area contributed by atoms with Crippen molar-refractivity contribution in [2.45, 2.75) is 70.0 Å².